The number of nitrogens with zero attached hydrogens (tertiary/aromatic N) is 4. The number of imidazole rings is 1. The summed E-state index contributed by atoms with van der Waals surface area (Å²) in [7, 11) is 0. The third-order valence-electron chi connectivity index (χ3n) is 6.45. The number of amides is 2. The minimum Gasteiger partial charge on any atom is -0.337 e. The van der Waals surface area contributed by atoms with Gasteiger partial charge in [-0.15, -0.1) is 0 Å². The first-order chi connectivity index (χ1) is 16.0. The lowest BCUT2D eigenvalue weighted by Gasteiger charge is -2.32. The number of carbonyl (C=O) groups excluding carboxylic acids is 2. The number of benzene rings is 2. The Kier molecular flexibility index (Phi) is 5.58. The van der Waals surface area contributed by atoms with Crippen molar-refractivity contribution in [2.75, 3.05) is 18.4 Å². The molecule has 2 N–H and O–H groups in total. The molecule has 8 nitrogen and oxygen atoms in total. The zero-order valence-corrected chi connectivity index (χ0v) is 19.0. The van der Waals surface area contributed by atoms with Crippen LogP contribution in [-0.2, 0) is 11.3 Å². The largest absolute Gasteiger partial charge is 0.337 e. The minimum absolute atomic E-state index is 0.0376. The van der Waals surface area contributed by atoms with E-state index in [1.165, 1.54) is 0 Å². The summed E-state index contributed by atoms with van der Waals surface area (Å²) in [6.45, 7) is 6.18. The van der Waals surface area contributed by atoms with E-state index in [1.54, 1.807) is 0 Å². The van der Waals surface area contributed by atoms with Crippen molar-refractivity contribution in [1.29, 1.82) is 0 Å². The van der Waals surface area contributed by atoms with Crippen molar-refractivity contribution in [2.24, 2.45) is 5.92 Å². The summed E-state index contributed by atoms with van der Waals surface area (Å²) in [6.07, 6.45) is 4.00. The number of nitrogens with one attached hydrogen (secondary N) is 2. The molecule has 4 aromatic rings. The normalized spacial score (nSPS) is 16.4. The topological polar surface area (TPSA) is 95.9 Å². The van der Waals surface area contributed by atoms with Gasteiger partial charge in [-0.05, 0) is 62.9 Å². The lowest BCUT2D eigenvalue weighted by molar-refractivity contribution is -0.117. The van der Waals surface area contributed by atoms with Crippen molar-refractivity contribution in [3.05, 3.63) is 54.0 Å². The second kappa shape index (κ2) is 8.69. The molecule has 1 unspecified atom stereocenters. The summed E-state index contributed by atoms with van der Waals surface area (Å²) < 4.78 is 2.07. The molecule has 1 aliphatic heterocycles. The Bertz CT molecular complexity index is 1340. The third-order valence-corrected chi connectivity index (χ3v) is 6.45. The Morgan fingerprint density at radius 2 is 2.09 bits per heavy atom. The summed E-state index contributed by atoms with van der Waals surface area (Å²) >= 11 is 0. The summed E-state index contributed by atoms with van der Waals surface area (Å²) in [5.41, 5.74) is 5.07. The van der Waals surface area contributed by atoms with Crippen LogP contribution in [0.4, 0.5) is 5.69 Å². The fraction of sp³-hybridized carbons (Fsp3) is 0.360. The molecule has 5 rings (SSSR count). The molecular weight excluding hydrogens is 416 g/mol. The molecule has 2 aromatic heterocycles. The molecule has 2 aromatic carbocycles. The van der Waals surface area contributed by atoms with Gasteiger partial charge in [0.2, 0.25) is 5.91 Å². The van der Waals surface area contributed by atoms with Crippen LogP contribution in [0.15, 0.2) is 42.7 Å². The average Bonchev–Trinajstić information content (AvgIpc) is 3.41. The average molecular weight is 445 g/mol. The molecular formula is C25H28N6O2. The van der Waals surface area contributed by atoms with E-state index in [9.17, 15) is 9.59 Å². The van der Waals surface area contributed by atoms with Gasteiger partial charge in [-0.25, -0.2) is 4.98 Å². The summed E-state index contributed by atoms with van der Waals surface area (Å²) in [5, 5.41) is 11.1. The maximum Gasteiger partial charge on any atom is 0.275 e. The molecule has 1 atom stereocenters. The number of piperidine rings is 1. The zero-order chi connectivity index (χ0) is 22.9. The van der Waals surface area contributed by atoms with Crippen molar-refractivity contribution >= 4 is 39.4 Å². The number of H-pyrrole nitrogens is 1. The Labute approximate surface area is 192 Å². The molecule has 1 aliphatic rings. The predicted molar refractivity (Wildman–Crippen MR) is 128 cm³/mol. The van der Waals surface area contributed by atoms with E-state index in [0.717, 1.165) is 52.6 Å². The maximum absolute atomic E-state index is 13.2. The number of anilines is 1. The molecule has 33 heavy (non-hydrogen) atoms. The lowest BCUT2D eigenvalue weighted by atomic mass is 9.94. The van der Waals surface area contributed by atoms with Crippen LogP contribution in [0.5, 0.6) is 0 Å². The monoisotopic (exact) mass is 444 g/mol. The fourth-order valence-corrected chi connectivity index (χ4v) is 4.72. The Balaban J connectivity index is 1.23. The Hall–Kier alpha value is -3.68. The number of hydrogen-bond acceptors (Lipinski definition) is 4. The van der Waals surface area contributed by atoms with Gasteiger partial charge in [0, 0.05) is 37.1 Å². The van der Waals surface area contributed by atoms with Gasteiger partial charge in [-0.2, -0.15) is 5.10 Å². The first-order valence-corrected chi connectivity index (χ1v) is 11.5. The van der Waals surface area contributed by atoms with E-state index >= 15 is 0 Å². The van der Waals surface area contributed by atoms with Gasteiger partial charge in [-0.3, -0.25) is 14.7 Å². The fourth-order valence-electron chi connectivity index (χ4n) is 4.72. The van der Waals surface area contributed by atoms with Crippen molar-refractivity contribution in [3.8, 4) is 0 Å². The van der Waals surface area contributed by atoms with E-state index in [0.29, 0.717) is 25.2 Å². The quantitative estimate of drug-likeness (QED) is 0.484. The molecule has 0 aliphatic carbocycles. The van der Waals surface area contributed by atoms with Gasteiger partial charge in [0.15, 0.2) is 5.69 Å². The van der Waals surface area contributed by atoms with E-state index in [-0.39, 0.29) is 17.7 Å². The van der Waals surface area contributed by atoms with Gasteiger partial charge in [-0.1, -0.05) is 11.6 Å². The van der Waals surface area contributed by atoms with E-state index < -0.39 is 0 Å². The van der Waals surface area contributed by atoms with Crippen LogP contribution in [0.2, 0.25) is 0 Å². The molecule has 2 amide bonds. The molecule has 1 fully saturated rings. The zero-order valence-electron chi connectivity index (χ0n) is 19.0. The molecule has 3 heterocycles. The summed E-state index contributed by atoms with van der Waals surface area (Å²) in [6, 6.07) is 11.7. The van der Waals surface area contributed by atoms with Crippen LogP contribution in [0.3, 0.4) is 0 Å². The molecule has 170 valence electrons. The number of aryl methyl sites for hydroxylation is 2. The number of carbonyl (C=O) groups is 2. The molecule has 0 bridgehead atoms. The van der Waals surface area contributed by atoms with Crippen LogP contribution in [0.25, 0.3) is 21.9 Å². The molecule has 0 saturated carbocycles. The number of fused-ring (bicyclic) bond motifs is 2. The van der Waals surface area contributed by atoms with Crippen LogP contribution >= 0.6 is 0 Å². The highest BCUT2D eigenvalue weighted by Crippen LogP contribution is 2.25. The van der Waals surface area contributed by atoms with Crippen LogP contribution in [-0.4, -0.2) is 49.6 Å². The maximum atomic E-state index is 13.2. The number of aromatic nitrogens is 4. The number of rotatable bonds is 5. The molecule has 0 radical (unpaired) electrons. The highest BCUT2D eigenvalue weighted by molar-refractivity contribution is 6.05. The summed E-state index contributed by atoms with van der Waals surface area (Å²) in [4.78, 5) is 32.2. The Morgan fingerprint density at radius 1 is 1.21 bits per heavy atom. The predicted octanol–water partition coefficient (Wildman–Crippen LogP) is 4.12. The van der Waals surface area contributed by atoms with E-state index in [1.807, 2.05) is 54.5 Å². The minimum atomic E-state index is -0.0751. The highest BCUT2D eigenvalue weighted by Gasteiger charge is 2.28. The van der Waals surface area contributed by atoms with Crippen molar-refractivity contribution in [1.82, 2.24) is 24.6 Å². The smallest absolute Gasteiger partial charge is 0.275 e. The molecule has 1 saturated heterocycles. The standard InChI is InChI=1S/C25H28N6O2/c1-3-30-15-26-21-13-18(7-9-22(21)30)27-23(32)12-17-5-4-10-31(14-17)25(33)24-19-11-16(2)6-8-20(19)28-29-24/h6-9,11,13,15,17H,3-5,10,12,14H2,1-2H3,(H,27,32)(H,28,29). The second-order valence-electron chi connectivity index (χ2n) is 8.87. The van der Waals surface area contributed by atoms with Crippen LogP contribution in [0.1, 0.15) is 42.2 Å². The second-order valence-corrected chi connectivity index (χ2v) is 8.87. The highest BCUT2D eigenvalue weighted by atomic mass is 16.2. The van der Waals surface area contributed by atoms with Gasteiger partial charge in [0.05, 0.1) is 22.9 Å². The number of hydrogen-bond donors (Lipinski definition) is 2. The van der Waals surface area contributed by atoms with Crippen LogP contribution in [0, 0.1) is 12.8 Å². The van der Waals surface area contributed by atoms with Crippen molar-refractivity contribution in [2.45, 2.75) is 39.7 Å². The third kappa shape index (κ3) is 4.20. The van der Waals surface area contributed by atoms with Crippen molar-refractivity contribution < 1.29 is 9.59 Å². The van der Waals surface area contributed by atoms with Gasteiger partial charge >= 0.3 is 0 Å². The van der Waals surface area contributed by atoms with Gasteiger partial charge < -0.3 is 14.8 Å². The van der Waals surface area contributed by atoms with Crippen LogP contribution < -0.4 is 5.32 Å². The SMILES string of the molecule is CCn1cnc2cc(NC(=O)CC3CCCN(C(=O)c4n[nH]c5ccc(C)cc45)C3)ccc21. The molecule has 8 heteroatoms. The van der Waals surface area contributed by atoms with E-state index in [4.69, 9.17) is 0 Å². The molecule has 0 spiro atoms. The van der Waals surface area contributed by atoms with Gasteiger partial charge in [0.25, 0.3) is 5.91 Å². The number of likely N-dealkylation sites (tertiary alicyclic amines) is 1. The summed E-state index contributed by atoms with van der Waals surface area (Å²) in [5.74, 6) is 0.0102. The van der Waals surface area contributed by atoms with Crippen molar-refractivity contribution in [3.63, 3.8) is 0 Å². The lowest BCUT2D eigenvalue weighted by Crippen LogP contribution is -2.41. The number of aromatic amines is 1. The van der Waals surface area contributed by atoms with E-state index in [2.05, 4.69) is 32.0 Å². The van der Waals surface area contributed by atoms with Gasteiger partial charge in [0.1, 0.15) is 0 Å². The first kappa shape index (κ1) is 21.2. The Morgan fingerprint density at radius 3 is 2.94 bits per heavy atom. The first-order valence-electron chi connectivity index (χ1n) is 11.5.